The Labute approximate surface area is 113 Å². The van der Waals surface area contributed by atoms with Crippen LogP contribution < -0.4 is 11.1 Å². The highest BCUT2D eigenvalue weighted by Crippen LogP contribution is 2.20. The number of benzene rings is 1. The number of amides is 1. The lowest BCUT2D eigenvalue weighted by molar-refractivity contribution is -0.119. The highest BCUT2D eigenvalue weighted by Gasteiger charge is 2.17. The molecule has 0 bridgehead atoms. The summed E-state index contributed by atoms with van der Waals surface area (Å²) in [5.41, 5.74) is 6.38. The van der Waals surface area contributed by atoms with Gasteiger partial charge in [-0.05, 0) is 35.0 Å². The average molecular weight is 309 g/mol. The van der Waals surface area contributed by atoms with Gasteiger partial charge in [0, 0.05) is 11.9 Å². The minimum absolute atomic E-state index is 0.142. The molecule has 1 aromatic carbocycles. The van der Waals surface area contributed by atoms with Crippen LogP contribution in [-0.4, -0.2) is 15.7 Å². The first-order chi connectivity index (χ1) is 8.58. The molecule has 94 valence electrons. The van der Waals surface area contributed by atoms with Gasteiger partial charge in [-0.1, -0.05) is 18.2 Å². The third kappa shape index (κ3) is 2.70. The van der Waals surface area contributed by atoms with Gasteiger partial charge in [0.15, 0.2) is 5.82 Å². The first kappa shape index (κ1) is 12.6. The Hall–Kier alpha value is -1.82. The zero-order valence-corrected chi connectivity index (χ0v) is 11.4. The smallest absolute Gasteiger partial charge is 0.248 e. The molecule has 0 saturated heterocycles. The van der Waals surface area contributed by atoms with Crippen LogP contribution in [0, 0.1) is 0 Å². The molecular weight excluding hydrogens is 296 g/mol. The van der Waals surface area contributed by atoms with Crippen LogP contribution in [0.4, 0.5) is 11.5 Å². The van der Waals surface area contributed by atoms with Gasteiger partial charge in [-0.25, -0.2) is 0 Å². The summed E-state index contributed by atoms with van der Waals surface area (Å²) in [6.45, 7) is 1.76. The van der Waals surface area contributed by atoms with E-state index in [-0.39, 0.29) is 5.91 Å². The van der Waals surface area contributed by atoms with E-state index in [9.17, 15) is 4.79 Å². The Morgan fingerprint density at radius 1 is 1.44 bits per heavy atom. The van der Waals surface area contributed by atoms with Crippen molar-refractivity contribution < 1.29 is 4.79 Å². The zero-order valence-electron chi connectivity index (χ0n) is 9.80. The highest BCUT2D eigenvalue weighted by atomic mass is 79.9. The second-order valence-electron chi connectivity index (χ2n) is 3.87. The van der Waals surface area contributed by atoms with Gasteiger partial charge in [0.1, 0.15) is 6.04 Å². The van der Waals surface area contributed by atoms with Gasteiger partial charge < -0.3 is 11.1 Å². The van der Waals surface area contributed by atoms with Gasteiger partial charge in [0.05, 0.1) is 4.47 Å². The van der Waals surface area contributed by atoms with Gasteiger partial charge >= 0.3 is 0 Å². The Kier molecular flexibility index (Phi) is 3.66. The molecule has 0 radical (unpaired) electrons. The van der Waals surface area contributed by atoms with Crippen LogP contribution in [0.2, 0.25) is 0 Å². The Morgan fingerprint density at radius 3 is 2.67 bits per heavy atom. The second-order valence-corrected chi connectivity index (χ2v) is 4.73. The summed E-state index contributed by atoms with van der Waals surface area (Å²) >= 11 is 3.26. The molecule has 1 aromatic heterocycles. The van der Waals surface area contributed by atoms with Crippen LogP contribution in [-0.2, 0) is 4.79 Å². The summed E-state index contributed by atoms with van der Waals surface area (Å²) in [5.74, 6) is 0.227. The molecule has 2 aromatic rings. The molecule has 2 rings (SSSR count). The Morgan fingerprint density at radius 2 is 2.11 bits per heavy atom. The molecule has 0 aliphatic carbocycles. The van der Waals surface area contributed by atoms with E-state index in [0.717, 1.165) is 5.69 Å². The third-order valence-corrected chi connectivity index (χ3v) is 3.14. The summed E-state index contributed by atoms with van der Waals surface area (Å²) in [5, 5.41) is 6.87. The summed E-state index contributed by atoms with van der Waals surface area (Å²) < 4.78 is 2.21. The van der Waals surface area contributed by atoms with E-state index < -0.39 is 6.04 Å². The summed E-state index contributed by atoms with van der Waals surface area (Å²) in [6, 6.07) is 8.85. The largest absolute Gasteiger partial charge is 0.381 e. The number of nitrogen functional groups attached to an aromatic ring is 1. The van der Waals surface area contributed by atoms with E-state index in [0.29, 0.717) is 10.3 Å². The fourth-order valence-electron chi connectivity index (χ4n) is 1.47. The molecule has 1 heterocycles. The maximum Gasteiger partial charge on any atom is 0.248 e. The standard InChI is InChI=1S/C12H13BrN4O/c1-8(17-7-10(13)11(14)16-17)12(18)15-9-5-3-2-4-6-9/h2-8H,1H3,(H2,14,16)(H,15,18). The number of halogens is 1. The van der Waals surface area contributed by atoms with E-state index in [4.69, 9.17) is 5.73 Å². The van der Waals surface area contributed by atoms with Gasteiger partial charge in [-0.2, -0.15) is 5.10 Å². The number of hydrogen-bond donors (Lipinski definition) is 2. The molecule has 1 amide bonds. The fourth-order valence-corrected chi connectivity index (χ4v) is 1.76. The van der Waals surface area contributed by atoms with Gasteiger partial charge in [-0.3, -0.25) is 9.48 Å². The minimum Gasteiger partial charge on any atom is -0.381 e. The zero-order chi connectivity index (χ0) is 13.1. The SMILES string of the molecule is CC(C(=O)Nc1ccccc1)n1cc(Br)c(N)n1. The fraction of sp³-hybridized carbons (Fsp3) is 0.167. The number of aromatic nitrogens is 2. The van der Waals surface area contributed by atoms with E-state index in [1.807, 2.05) is 30.3 Å². The van der Waals surface area contributed by atoms with Gasteiger partial charge in [0.2, 0.25) is 5.91 Å². The van der Waals surface area contributed by atoms with Crippen molar-refractivity contribution in [1.29, 1.82) is 0 Å². The lowest BCUT2D eigenvalue weighted by atomic mass is 10.3. The van der Waals surface area contributed by atoms with Crippen molar-refractivity contribution >= 4 is 33.3 Å². The van der Waals surface area contributed by atoms with Crippen molar-refractivity contribution in [2.24, 2.45) is 0 Å². The monoisotopic (exact) mass is 308 g/mol. The van der Waals surface area contributed by atoms with Crippen LogP contribution in [0.15, 0.2) is 41.0 Å². The number of carbonyl (C=O) groups is 1. The van der Waals surface area contributed by atoms with E-state index in [2.05, 4.69) is 26.3 Å². The first-order valence-corrected chi connectivity index (χ1v) is 6.23. The lowest BCUT2D eigenvalue weighted by Crippen LogP contribution is -2.24. The summed E-state index contributed by atoms with van der Waals surface area (Å²) in [6.07, 6.45) is 1.69. The molecule has 0 spiro atoms. The van der Waals surface area contributed by atoms with Crippen molar-refractivity contribution in [3.8, 4) is 0 Å². The number of nitrogens with two attached hydrogens (primary N) is 1. The third-order valence-electron chi connectivity index (χ3n) is 2.53. The van der Waals surface area contributed by atoms with Crippen molar-refractivity contribution in [3.63, 3.8) is 0 Å². The maximum absolute atomic E-state index is 12.0. The number of anilines is 2. The van der Waals surface area contributed by atoms with Crippen molar-refractivity contribution in [3.05, 3.63) is 41.0 Å². The normalized spacial score (nSPS) is 12.1. The molecule has 0 aliphatic rings. The summed E-state index contributed by atoms with van der Waals surface area (Å²) in [4.78, 5) is 12.0. The Bertz CT molecular complexity index is 533. The highest BCUT2D eigenvalue weighted by molar-refractivity contribution is 9.10. The van der Waals surface area contributed by atoms with Gasteiger partial charge in [-0.15, -0.1) is 0 Å². The molecule has 18 heavy (non-hydrogen) atoms. The molecule has 0 fully saturated rings. The Balaban J connectivity index is 2.09. The second kappa shape index (κ2) is 5.22. The number of nitrogens with one attached hydrogen (secondary N) is 1. The van der Waals surface area contributed by atoms with Crippen LogP contribution in [0.5, 0.6) is 0 Å². The first-order valence-electron chi connectivity index (χ1n) is 5.44. The lowest BCUT2D eigenvalue weighted by Gasteiger charge is -2.12. The average Bonchev–Trinajstić information content (AvgIpc) is 2.70. The predicted molar refractivity (Wildman–Crippen MR) is 74.1 cm³/mol. The molecule has 1 unspecified atom stereocenters. The number of nitrogens with zero attached hydrogens (tertiary/aromatic N) is 2. The van der Waals surface area contributed by atoms with Crippen LogP contribution in [0.3, 0.4) is 0 Å². The van der Waals surface area contributed by atoms with E-state index in [1.165, 1.54) is 4.68 Å². The maximum atomic E-state index is 12.0. The van der Waals surface area contributed by atoms with Crippen molar-refractivity contribution in [1.82, 2.24) is 9.78 Å². The quantitative estimate of drug-likeness (QED) is 0.914. The van der Waals surface area contributed by atoms with Crippen molar-refractivity contribution in [2.75, 3.05) is 11.1 Å². The number of carbonyl (C=O) groups excluding carboxylic acids is 1. The van der Waals surface area contributed by atoms with E-state index in [1.54, 1.807) is 13.1 Å². The van der Waals surface area contributed by atoms with E-state index >= 15 is 0 Å². The van der Waals surface area contributed by atoms with Crippen LogP contribution >= 0.6 is 15.9 Å². The minimum atomic E-state index is -0.432. The van der Waals surface area contributed by atoms with Crippen LogP contribution in [0.1, 0.15) is 13.0 Å². The van der Waals surface area contributed by atoms with Crippen molar-refractivity contribution in [2.45, 2.75) is 13.0 Å². The molecule has 5 nitrogen and oxygen atoms in total. The van der Waals surface area contributed by atoms with Crippen LogP contribution in [0.25, 0.3) is 0 Å². The molecular formula is C12H13BrN4O. The molecule has 0 saturated carbocycles. The molecule has 3 N–H and O–H groups in total. The predicted octanol–water partition coefficient (Wildman–Crippen LogP) is 2.43. The topological polar surface area (TPSA) is 72.9 Å². The molecule has 0 aliphatic heterocycles. The molecule has 1 atom stereocenters. The molecule has 6 heteroatoms. The summed E-state index contributed by atoms with van der Waals surface area (Å²) in [7, 11) is 0. The number of para-hydroxylation sites is 1. The number of hydrogen-bond acceptors (Lipinski definition) is 3. The number of rotatable bonds is 3. The van der Waals surface area contributed by atoms with Gasteiger partial charge in [0.25, 0.3) is 0 Å².